The van der Waals surface area contributed by atoms with Crippen molar-refractivity contribution in [2.45, 2.75) is 85.4 Å². The van der Waals surface area contributed by atoms with Crippen LogP contribution in [0.15, 0.2) is 0 Å². The molecular formula is C17H36N2. The lowest BCUT2D eigenvalue weighted by Gasteiger charge is -2.52. The molecule has 0 amide bonds. The van der Waals surface area contributed by atoms with Gasteiger partial charge in [-0.25, -0.2) is 0 Å². The molecule has 0 spiro atoms. The molecule has 19 heavy (non-hydrogen) atoms. The summed E-state index contributed by atoms with van der Waals surface area (Å²) in [5.74, 6) is 1.47. The van der Waals surface area contributed by atoms with Crippen LogP contribution < -0.4 is 5.32 Å². The molecule has 0 radical (unpaired) electrons. The molecule has 1 rings (SSSR count). The maximum atomic E-state index is 3.87. The van der Waals surface area contributed by atoms with Gasteiger partial charge in [0.1, 0.15) is 0 Å². The maximum absolute atomic E-state index is 3.87. The number of rotatable bonds is 6. The zero-order valence-corrected chi connectivity index (χ0v) is 14.3. The minimum absolute atomic E-state index is 0.341. The summed E-state index contributed by atoms with van der Waals surface area (Å²) in [6.07, 6.45) is 3.74. The van der Waals surface area contributed by atoms with E-state index in [-0.39, 0.29) is 0 Å². The molecule has 1 aliphatic rings. The Morgan fingerprint density at radius 1 is 1.11 bits per heavy atom. The van der Waals surface area contributed by atoms with Crippen molar-refractivity contribution >= 4 is 0 Å². The van der Waals surface area contributed by atoms with Crippen LogP contribution in [0.25, 0.3) is 0 Å². The first kappa shape index (κ1) is 17.0. The first-order valence-corrected chi connectivity index (χ1v) is 8.41. The Balaban J connectivity index is 2.96. The first-order chi connectivity index (χ1) is 8.90. The molecule has 114 valence electrons. The Kier molecular flexibility index (Phi) is 6.32. The van der Waals surface area contributed by atoms with Crippen LogP contribution in [-0.2, 0) is 0 Å². The van der Waals surface area contributed by atoms with Crippen molar-refractivity contribution in [2.24, 2.45) is 11.8 Å². The van der Waals surface area contributed by atoms with Crippen LogP contribution >= 0.6 is 0 Å². The molecule has 2 unspecified atom stereocenters. The van der Waals surface area contributed by atoms with E-state index in [2.05, 4.69) is 58.7 Å². The van der Waals surface area contributed by atoms with Gasteiger partial charge in [-0.2, -0.15) is 0 Å². The minimum atomic E-state index is 0.341. The van der Waals surface area contributed by atoms with E-state index in [9.17, 15) is 0 Å². The number of nitrogens with one attached hydrogen (secondary N) is 1. The lowest BCUT2D eigenvalue weighted by atomic mass is 9.83. The van der Waals surface area contributed by atoms with Crippen molar-refractivity contribution in [3.8, 4) is 0 Å². The second kappa shape index (κ2) is 7.08. The van der Waals surface area contributed by atoms with Gasteiger partial charge in [0.05, 0.1) is 0 Å². The highest BCUT2D eigenvalue weighted by Crippen LogP contribution is 2.30. The van der Waals surface area contributed by atoms with Gasteiger partial charge < -0.3 is 5.32 Å². The van der Waals surface area contributed by atoms with Crippen LogP contribution in [0.5, 0.6) is 0 Å². The largest absolute Gasteiger partial charge is 0.308 e. The Morgan fingerprint density at radius 2 is 1.68 bits per heavy atom. The summed E-state index contributed by atoms with van der Waals surface area (Å²) in [6.45, 7) is 18.9. The fourth-order valence-corrected chi connectivity index (χ4v) is 3.76. The quantitative estimate of drug-likeness (QED) is 0.786. The normalized spacial score (nSPS) is 26.1. The van der Waals surface area contributed by atoms with Gasteiger partial charge in [0.2, 0.25) is 0 Å². The van der Waals surface area contributed by atoms with Gasteiger partial charge in [-0.15, -0.1) is 0 Å². The van der Waals surface area contributed by atoms with Crippen LogP contribution in [0.1, 0.15) is 67.7 Å². The number of hydrogen-bond acceptors (Lipinski definition) is 2. The zero-order valence-electron chi connectivity index (χ0n) is 14.3. The molecule has 0 aromatic carbocycles. The van der Waals surface area contributed by atoms with Gasteiger partial charge in [0.15, 0.2) is 0 Å². The molecule has 2 heteroatoms. The predicted molar refractivity (Wildman–Crippen MR) is 85.6 cm³/mol. The summed E-state index contributed by atoms with van der Waals surface area (Å²) in [7, 11) is 0. The van der Waals surface area contributed by atoms with E-state index in [0.29, 0.717) is 11.6 Å². The van der Waals surface area contributed by atoms with Gasteiger partial charge in [-0.3, -0.25) is 4.90 Å². The van der Waals surface area contributed by atoms with E-state index in [1.54, 1.807) is 0 Å². The Hall–Kier alpha value is -0.0800. The topological polar surface area (TPSA) is 15.3 Å². The third kappa shape index (κ3) is 3.72. The average molecular weight is 268 g/mol. The number of hydrogen-bond donors (Lipinski definition) is 1. The van der Waals surface area contributed by atoms with Crippen LogP contribution in [0.4, 0.5) is 0 Å². The van der Waals surface area contributed by atoms with Crippen molar-refractivity contribution in [1.29, 1.82) is 0 Å². The first-order valence-electron chi connectivity index (χ1n) is 8.41. The van der Waals surface area contributed by atoms with Crippen molar-refractivity contribution in [3.63, 3.8) is 0 Å². The van der Waals surface area contributed by atoms with Crippen molar-refractivity contribution in [1.82, 2.24) is 10.2 Å². The van der Waals surface area contributed by atoms with Gasteiger partial charge in [0, 0.05) is 30.7 Å². The fourth-order valence-electron chi connectivity index (χ4n) is 3.76. The van der Waals surface area contributed by atoms with E-state index >= 15 is 0 Å². The lowest BCUT2D eigenvalue weighted by Crippen LogP contribution is -2.67. The summed E-state index contributed by atoms with van der Waals surface area (Å²) < 4.78 is 0. The molecule has 2 atom stereocenters. The highest BCUT2D eigenvalue weighted by atomic mass is 15.3. The molecule has 0 bridgehead atoms. The molecule has 2 nitrogen and oxygen atoms in total. The molecular weight excluding hydrogens is 232 g/mol. The highest BCUT2D eigenvalue weighted by Gasteiger charge is 2.40. The van der Waals surface area contributed by atoms with Gasteiger partial charge in [0.25, 0.3) is 0 Å². The molecule has 0 aromatic rings. The summed E-state index contributed by atoms with van der Waals surface area (Å²) >= 11 is 0. The second-order valence-corrected chi connectivity index (χ2v) is 7.07. The SMILES string of the molecule is CCC(C(C)C)N1CC(CC)(CC)NCC1C(C)C. The second-order valence-electron chi connectivity index (χ2n) is 7.07. The van der Waals surface area contributed by atoms with Crippen molar-refractivity contribution < 1.29 is 0 Å². The van der Waals surface area contributed by atoms with E-state index in [1.165, 1.54) is 25.8 Å². The summed E-state index contributed by atoms with van der Waals surface area (Å²) in [6, 6.07) is 1.42. The summed E-state index contributed by atoms with van der Waals surface area (Å²) in [5.41, 5.74) is 0.341. The third-order valence-corrected chi connectivity index (χ3v) is 5.33. The fraction of sp³-hybridized carbons (Fsp3) is 1.00. The van der Waals surface area contributed by atoms with Gasteiger partial charge in [-0.05, 0) is 31.1 Å². The monoisotopic (exact) mass is 268 g/mol. The maximum Gasteiger partial charge on any atom is 0.0304 e. The standard InChI is InChI=1S/C17H36N2/c1-8-15(13(4)5)19-12-17(9-2,10-3)18-11-16(19)14(6)7/h13-16,18H,8-12H2,1-7H3. The van der Waals surface area contributed by atoms with E-state index in [0.717, 1.165) is 24.4 Å². The molecule has 0 saturated carbocycles. The molecule has 1 aliphatic heterocycles. The van der Waals surface area contributed by atoms with Crippen LogP contribution in [0, 0.1) is 11.8 Å². The molecule has 1 fully saturated rings. The smallest absolute Gasteiger partial charge is 0.0304 e. The highest BCUT2D eigenvalue weighted by molar-refractivity contribution is 4.99. The molecule has 1 saturated heterocycles. The Labute approximate surface area is 121 Å². The Morgan fingerprint density at radius 3 is 2.05 bits per heavy atom. The molecule has 0 aliphatic carbocycles. The Bertz CT molecular complexity index is 246. The van der Waals surface area contributed by atoms with Crippen molar-refractivity contribution in [3.05, 3.63) is 0 Å². The van der Waals surface area contributed by atoms with Crippen LogP contribution in [-0.4, -0.2) is 35.6 Å². The molecule has 1 N–H and O–H groups in total. The van der Waals surface area contributed by atoms with Crippen LogP contribution in [0.3, 0.4) is 0 Å². The average Bonchev–Trinajstić information content (AvgIpc) is 2.38. The van der Waals surface area contributed by atoms with E-state index < -0.39 is 0 Å². The van der Waals surface area contributed by atoms with E-state index in [4.69, 9.17) is 0 Å². The van der Waals surface area contributed by atoms with Gasteiger partial charge in [-0.1, -0.05) is 48.5 Å². The number of piperazine rings is 1. The number of nitrogens with zero attached hydrogens (tertiary/aromatic N) is 1. The van der Waals surface area contributed by atoms with Gasteiger partial charge >= 0.3 is 0 Å². The van der Waals surface area contributed by atoms with Crippen molar-refractivity contribution in [2.75, 3.05) is 13.1 Å². The summed E-state index contributed by atoms with van der Waals surface area (Å²) in [4.78, 5) is 2.83. The summed E-state index contributed by atoms with van der Waals surface area (Å²) in [5, 5.41) is 3.87. The zero-order chi connectivity index (χ0) is 14.6. The lowest BCUT2D eigenvalue weighted by molar-refractivity contribution is 0.000307. The predicted octanol–water partition coefficient (Wildman–Crippen LogP) is 3.91. The minimum Gasteiger partial charge on any atom is -0.308 e. The molecule has 0 aromatic heterocycles. The third-order valence-electron chi connectivity index (χ3n) is 5.33. The van der Waals surface area contributed by atoms with E-state index in [1.807, 2.05) is 0 Å². The van der Waals surface area contributed by atoms with Crippen LogP contribution in [0.2, 0.25) is 0 Å². The molecule has 1 heterocycles.